The van der Waals surface area contributed by atoms with Crippen LogP contribution in [0.25, 0.3) is 0 Å². The van der Waals surface area contributed by atoms with Crippen LogP contribution in [0.2, 0.25) is 0 Å². The molecule has 0 unspecified atom stereocenters. The van der Waals surface area contributed by atoms with Gasteiger partial charge in [0.2, 0.25) is 0 Å². The van der Waals surface area contributed by atoms with Crippen molar-refractivity contribution in [1.29, 1.82) is 0 Å². The van der Waals surface area contributed by atoms with E-state index in [0.29, 0.717) is 0 Å². The summed E-state index contributed by atoms with van der Waals surface area (Å²) in [5, 5.41) is 0. The lowest BCUT2D eigenvalue weighted by atomic mass is 9.95. The summed E-state index contributed by atoms with van der Waals surface area (Å²) in [4.78, 5) is 0. The lowest BCUT2D eigenvalue weighted by Crippen LogP contribution is -1.98. The van der Waals surface area contributed by atoms with Crippen molar-refractivity contribution < 1.29 is 0 Å². The van der Waals surface area contributed by atoms with Gasteiger partial charge in [0, 0.05) is 0 Å². The first-order valence-corrected chi connectivity index (χ1v) is 5.31. The third kappa shape index (κ3) is 3.91. The van der Waals surface area contributed by atoms with E-state index in [0.717, 1.165) is 13.0 Å². The van der Waals surface area contributed by atoms with Crippen LogP contribution in [-0.4, -0.2) is 6.54 Å². The van der Waals surface area contributed by atoms with Gasteiger partial charge in [-0.15, -0.1) is 0 Å². The Morgan fingerprint density at radius 1 is 1.00 bits per heavy atom. The summed E-state index contributed by atoms with van der Waals surface area (Å²) in [5.41, 5.74) is 7.14. The van der Waals surface area contributed by atoms with Crippen LogP contribution in [-0.2, 0) is 0 Å². The summed E-state index contributed by atoms with van der Waals surface area (Å²) in [7, 11) is 0. The third-order valence-electron chi connectivity index (χ3n) is 2.60. The standard InChI is InChI=1S/C11H21N/c12-10-6-9-11-7-4-2-1-3-5-8-11/h9H,1-8,10,12H2. The number of hydrogen-bond acceptors (Lipinski definition) is 1. The Bertz CT molecular complexity index is 128. The van der Waals surface area contributed by atoms with Crippen LogP contribution >= 0.6 is 0 Å². The molecule has 12 heavy (non-hydrogen) atoms. The van der Waals surface area contributed by atoms with E-state index in [2.05, 4.69) is 6.08 Å². The average molecular weight is 167 g/mol. The van der Waals surface area contributed by atoms with E-state index in [1.54, 1.807) is 5.57 Å². The Morgan fingerprint density at radius 2 is 1.58 bits per heavy atom. The van der Waals surface area contributed by atoms with Crippen LogP contribution in [0.5, 0.6) is 0 Å². The van der Waals surface area contributed by atoms with Gasteiger partial charge < -0.3 is 5.73 Å². The molecule has 2 N–H and O–H groups in total. The second-order valence-electron chi connectivity index (χ2n) is 3.71. The average Bonchev–Trinajstić information content (AvgIpc) is 2.02. The largest absolute Gasteiger partial charge is 0.330 e. The minimum Gasteiger partial charge on any atom is -0.330 e. The smallest absolute Gasteiger partial charge is 0.00425 e. The molecule has 1 aliphatic carbocycles. The molecule has 0 radical (unpaired) electrons. The lowest BCUT2D eigenvalue weighted by molar-refractivity contribution is 0.567. The zero-order valence-electron chi connectivity index (χ0n) is 8.02. The second kappa shape index (κ2) is 6.24. The molecule has 0 bridgehead atoms. The molecule has 1 rings (SSSR count). The van der Waals surface area contributed by atoms with Gasteiger partial charge in [-0.25, -0.2) is 0 Å². The highest BCUT2D eigenvalue weighted by atomic mass is 14.5. The van der Waals surface area contributed by atoms with Crippen molar-refractivity contribution >= 4 is 0 Å². The van der Waals surface area contributed by atoms with Crippen molar-refractivity contribution in [3.63, 3.8) is 0 Å². The fourth-order valence-electron chi connectivity index (χ4n) is 1.85. The highest BCUT2D eigenvalue weighted by molar-refractivity contribution is 5.02. The van der Waals surface area contributed by atoms with Gasteiger partial charge in [-0.2, -0.15) is 0 Å². The van der Waals surface area contributed by atoms with Gasteiger partial charge in [0.25, 0.3) is 0 Å². The summed E-state index contributed by atoms with van der Waals surface area (Å²) in [6.45, 7) is 0.809. The monoisotopic (exact) mass is 167 g/mol. The van der Waals surface area contributed by atoms with E-state index in [9.17, 15) is 0 Å². The van der Waals surface area contributed by atoms with Crippen LogP contribution in [0, 0.1) is 0 Å². The van der Waals surface area contributed by atoms with Crippen molar-refractivity contribution in [2.75, 3.05) is 6.54 Å². The Kier molecular flexibility index (Phi) is 5.09. The quantitative estimate of drug-likeness (QED) is 0.629. The van der Waals surface area contributed by atoms with E-state index in [1.807, 2.05) is 0 Å². The SMILES string of the molecule is NCCC=C1CCCCCCC1. The molecule has 1 heteroatoms. The molecule has 70 valence electrons. The predicted octanol–water partition coefficient (Wildman–Crippen LogP) is 3.01. The van der Waals surface area contributed by atoms with Gasteiger partial charge in [-0.1, -0.05) is 30.9 Å². The van der Waals surface area contributed by atoms with Crippen molar-refractivity contribution in [1.82, 2.24) is 0 Å². The Balaban J connectivity index is 2.28. The molecule has 0 aromatic rings. The molecule has 1 aliphatic rings. The van der Waals surface area contributed by atoms with Gasteiger partial charge in [0.05, 0.1) is 0 Å². The first-order valence-electron chi connectivity index (χ1n) is 5.31. The third-order valence-corrected chi connectivity index (χ3v) is 2.60. The highest BCUT2D eigenvalue weighted by Gasteiger charge is 2.02. The first-order chi connectivity index (χ1) is 5.93. The number of rotatable bonds is 2. The van der Waals surface area contributed by atoms with Crippen molar-refractivity contribution in [3.8, 4) is 0 Å². The summed E-state index contributed by atoms with van der Waals surface area (Å²) in [6.07, 6.45) is 13.2. The van der Waals surface area contributed by atoms with Crippen LogP contribution in [0.1, 0.15) is 51.4 Å². The maximum absolute atomic E-state index is 5.47. The molecule has 1 nitrogen and oxygen atoms in total. The molecule has 0 spiro atoms. The molecular weight excluding hydrogens is 146 g/mol. The molecule has 0 heterocycles. The Morgan fingerprint density at radius 3 is 2.17 bits per heavy atom. The van der Waals surface area contributed by atoms with E-state index < -0.39 is 0 Å². The fraction of sp³-hybridized carbons (Fsp3) is 0.818. The molecule has 0 aliphatic heterocycles. The van der Waals surface area contributed by atoms with E-state index in [4.69, 9.17) is 5.73 Å². The van der Waals surface area contributed by atoms with Crippen molar-refractivity contribution in [2.45, 2.75) is 51.4 Å². The minimum atomic E-state index is 0.809. The van der Waals surface area contributed by atoms with Crippen LogP contribution in [0.3, 0.4) is 0 Å². The second-order valence-corrected chi connectivity index (χ2v) is 3.71. The van der Waals surface area contributed by atoms with E-state index in [1.165, 1.54) is 44.9 Å². The topological polar surface area (TPSA) is 26.0 Å². The number of hydrogen-bond donors (Lipinski definition) is 1. The molecular formula is C11H21N. The van der Waals surface area contributed by atoms with Crippen molar-refractivity contribution in [3.05, 3.63) is 11.6 Å². The fourth-order valence-corrected chi connectivity index (χ4v) is 1.85. The number of allylic oxidation sites excluding steroid dienone is 1. The van der Waals surface area contributed by atoms with Crippen LogP contribution < -0.4 is 5.73 Å². The zero-order valence-corrected chi connectivity index (χ0v) is 8.02. The first kappa shape index (κ1) is 9.79. The molecule has 0 aromatic heterocycles. The van der Waals surface area contributed by atoms with Gasteiger partial charge >= 0.3 is 0 Å². The lowest BCUT2D eigenvalue weighted by Gasteiger charge is -2.11. The van der Waals surface area contributed by atoms with Gasteiger partial charge in [0.15, 0.2) is 0 Å². The zero-order chi connectivity index (χ0) is 8.65. The maximum Gasteiger partial charge on any atom is -0.00425 e. The molecule has 0 aromatic carbocycles. The Labute approximate surface area is 76.0 Å². The molecule has 0 atom stereocenters. The summed E-state index contributed by atoms with van der Waals surface area (Å²) < 4.78 is 0. The summed E-state index contributed by atoms with van der Waals surface area (Å²) >= 11 is 0. The highest BCUT2D eigenvalue weighted by Crippen LogP contribution is 2.21. The summed E-state index contributed by atoms with van der Waals surface area (Å²) in [6, 6.07) is 0. The normalized spacial score (nSPS) is 19.9. The summed E-state index contributed by atoms with van der Waals surface area (Å²) in [5.74, 6) is 0. The minimum absolute atomic E-state index is 0.809. The molecule has 0 saturated heterocycles. The molecule has 0 amide bonds. The van der Waals surface area contributed by atoms with Crippen LogP contribution in [0.15, 0.2) is 11.6 Å². The predicted molar refractivity (Wildman–Crippen MR) is 54.1 cm³/mol. The van der Waals surface area contributed by atoms with E-state index in [-0.39, 0.29) is 0 Å². The Hall–Kier alpha value is -0.300. The van der Waals surface area contributed by atoms with E-state index >= 15 is 0 Å². The van der Waals surface area contributed by atoms with Crippen molar-refractivity contribution in [2.24, 2.45) is 5.73 Å². The van der Waals surface area contributed by atoms with Crippen LogP contribution in [0.4, 0.5) is 0 Å². The maximum atomic E-state index is 5.47. The van der Waals surface area contributed by atoms with Gasteiger partial charge in [-0.05, 0) is 38.6 Å². The van der Waals surface area contributed by atoms with Gasteiger partial charge in [0.1, 0.15) is 0 Å². The number of nitrogens with two attached hydrogens (primary N) is 1. The molecule has 1 fully saturated rings. The molecule has 1 saturated carbocycles. The van der Waals surface area contributed by atoms with Gasteiger partial charge in [-0.3, -0.25) is 0 Å².